The fraction of sp³-hybridized carbons (Fsp3) is 0.250. The van der Waals surface area contributed by atoms with Gasteiger partial charge in [0.25, 0.3) is 0 Å². The summed E-state index contributed by atoms with van der Waals surface area (Å²) in [5.74, 6) is 1.55. The number of rotatable bonds is 16. The molecule has 0 amide bonds. The Kier molecular flexibility index (Phi) is 11.8. The van der Waals surface area contributed by atoms with Crippen LogP contribution in [0.25, 0.3) is 0 Å². The SMILES string of the molecule is CCCCCC1(Cc2ccccc2)c2c(OCc3ccccc3)cc(OCc3ccccc3)cc2O[C@H](c2ccc(O)c(O)c2)[C@@H]1OCc1ccccc1. The lowest BCUT2D eigenvalue weighted by Gasteiger charge is -2.49. The number of aromatic hydroxyl groups is 2. The third-order valence-corrected chi connectivity index (χ3v) is 10.3. The molecular formula is C48H48O6. The Balaban J connectivity index is 1.44. The van der Waals surface area contributed by atoms with Gasteiger partial charge in [0.05, 0.1) is 6.61 Å². The van der Waals surface area contributed by atoms with Crippen LogP contribution in [0.1, 0.15) is 72.1 Å². The van der Waals surface area contributed by atoms with Gasteiger partial charge in [0.15, 0.2) is 17.6 Å². The second-order valence-corrected chi connectivity index (χ2v) is 14.1. The molecular weight excluding hydrogens is 673 g/mol. The highest BCUT2D eigenvalue weighted by Gasteiger charge is 2.53. The first-order chi connectivity index (χ1) is 26.5. The van der Waals surface area contributed by atoms with Gasteiger partial charge in [-0.25, -0.2) is 0 Å². The lowest BCUT2D eigenvalue weighted by atomic mass is 9.64. The second-order valence-electron chi connectivity index (χ2n) is 14.1. The average Bonchev–Trinajstić information content (AvgIpc) is 3.21. The van der Waals surface area contributed by atoms with E-state index in [9.17, 15) is 10.2 Å². The molecule has 6 aromatic carbocycles. The molecule has 1 heterocycles. The Hall–Kier alpha value is -5.72. The molecule has 6 aromatic rings. The van der Waals surface area contributed by atoms with Crippen molar-refractivity contribution in [2.45, 2.75) is 76.5 Å². The van der Waals surface area contributed by atoms with Crippen molar-refractivity contribution in [3.05, 3.63) is 185 Å². The largest absolute Gasteiger partial charge is 0.504 e. The number of phenolic OH excluding ortho intramolecular Hbond substituents is 2. The molecule has 0 spiro atoms. The van der Waals surface area contributed by atoms with Gasteiger partial charge in [-0.05, 0) is 52.8 Å². The van der Waals surface area contributed by atoms with Crippen LogP contribution < -0.4 is 14.2 Å². The van der Waals surface area contributed by atoms with Crippen LogP contribution in [0, 0.1) is 0 Å². The molecule has 6 heteroatoms. The fourth-order valence-corrected chi connectivity index (χ4v) is 7.62. The summed E-state index contributed by atoms with van der Waals surface area (Å²) in [6.07, 6.45) is 3.32. The monoisotopic (exact) mass is 720 g/mol. The third kappa shape index (κ3) is 8.56. The molecule has 2 N–H and O–H groups in total. The molecule has 0 bridgehead atoms. The molecule has 0 radical (unpaired) electrons. The minimum atomic E-state index is -0.652. The zero-order valence-corrected chi connectivity index (χ0v) is 30.8. The first-order valence-electron chi connectivity index (χ1n) is 18.9. The molecule has 0 aliphatic carbocycles. The fourth-order valence-electron chi connectivity index (χ4n) is 7.62. The molecule has 1 unspecified atom stereocenters. The standard InChI is InChI=1S/C48H48O6/c1-2-3-16-27-48(31-35-17-8-4-9-18-35)45-43(52-33-37-21-12-6-13-22-37)29-40(51-32-36-19-10-5-11-20-36)30-44(45)54-46(39-25-26-41(49)42(50)28-39)47(48)53-34-38-23-14-7-15-24-38/h4-15,17-26,28-30,46-47,49-50H,2-3,16,27,31-34H2,1H3/t46-,47+,48?/m1/s1. The van der Waals surface area contributed by atoms with E-state index in [1.165, 1.54) is 11.6 Å². The molecule has 6 nitrogen and oxygen atoms in total. The maximum absolute atomic E-state index is 10.8. The quantitative estimate of drug-likeness (QED) is 0.0766. The first kappa shape index (κ1) is 36.6. The Bertz CT molecular complexity index is 2070. The van der Waals surface area contributed by atoms with Crippen LogP contribution in [-0.4, -0.2) is 16.3 Å². The number of benzene rings is 6. The normalized spacial score (nSPS) is 17.6. The maximum atomic E-state index is 10.8. The number of hydrogen-bond acceptors (Lipinski definition) is 6. The van der Waals surface area contributed by atoms with Gasteiger partial charge in [-0.15, -0.1) is 0 Å². The van der Waals surface area contributed by atoms with Crippen LogP contribution in [0.5, 0.6) is 28.7 Å². The summed E-state index contributed by atoms with van der Waals surface area (Å²) in [6.45, 7) is 3.31. The smallest absolute Gasteiger partial charge is 0.157 e. The number of fused-ring (bicyclic) bond motifs is 1. The summed E-state index contributed by atoms with van der Waals surface area (Å²) in [7, 11) is 0. The highest BCUT2D eigenvalue weighted by Crippen LogP contribution is 2.57. The summed E-state index contributed by atoms with van der Waals surface area (Å²) in [5, 5.41) is 21.2. The zero-order chi connectivity index (χ0) is 37.2. The molecule has 1 aliphatic rings. The van der Waals surface area contributed by atoms with Gasteiger partial charge in [-0.3, -0.25) is 0 Å². The molecule has 0 saturated heterocycles. The van der Waals surface area contributed by atoms with Crippen LogP contribution in [0.2, 0.25) is 0 Å². The highest BCUT2D eigenvalue weighted by molar-refractivity contribution is 5.58. The molecule has 54 heavy (non-hydrogen) atoms. The molecule has 0 saturated carbocycles. The van der Waals surface area contributed by atoms with Crippen molar-refractivity contribution in [1.29, 1.82) is 0 Å². The van der Waals surface area contributed by atoms with E-state index in [2.05, 4.69) is 55.5 Å². The van der Waals surface area contributed by atoms with E-state index in [4.69, 9.17) is 18.9 Å². The molecule has 0 aromatic heterocycles. The van der Waals surface area contributed by atoms with Gasteiger partial charge >= 0.3 is 0 Å². The molecule has 1 aliphatic heterocycles. The molecule has 3 atom stereocenters. The van der Waals surface area contributed by atoms with Gasteiger partial charge in [0, 0.05) is 23.1 Å². The minimum absolute atomic E-state index is 0.191. The van der Waals surface area contributed by atoms with E-state index in [0.29, 0.717) is 49.1 Å². The van der Waals surface area contributed by atoms with Crippen LogP contribution in [0.4, 0.5) is 0 Å². The Morgan fingerprint density at radius 1 is 0.593 bits per heavy atom. The van der Waals surface area contributed by atoms with Crippen molar-refractivity contribution < 1.29 is 29.2 Å². The van der Waals surface area contributed by atoms with Crippen molar-refractivity contribution in [2.24, 2.45) is 0 Å². The Labute approximate surface area is 318 Å². The number of hydrogen-bond donors (Lipinski definition) is 2. The van der Waals surface area contributed by atoms with Gasteiger partial charge in [0.2, 0.25) is 0 Å². The van der Waals surface area contributed by atoms with E-state index < -0.39 is 17.6 Å². The van der Waals surface area contributed by atoms with E-state index in [1.807, 2.05) is 91.0 Å². The molecule has 7 rings (SSSR count). The topological polar surface area (TPSA) is 77.4 Å². The van der Waals surface area contributed by atoms with Crippen molar-refractivity contribution in [3.63, 3.8) is 0 Å². The molecule has 0 fully saturated rings. The van der Waals surface area contributed by atoms with Gasteiger partial charge < -0.3 is 29.2 Å². The summed E-state index contributed by atoms with van der Waals surface area (Å²) in [5.41, 5.74) is 5.30. The minimum Gasteiger partial charge on any atom is -0.504 e. The van der Waals surface area contributed by atoms with Gasteiger partial charge in [0.1, 0.15) is 36.6 Å². The van der Waals surface area contributed by atoms with Crippen LogP contribution in [-0.2, 0) is 36.4 Å². The van der Waals surface area contributed by atoms with Crippen LogP contribution in [0.15, 0.2) is 152 Å². The van der Waals surface area contributed by atoms with Crippen molar-refractivity contribution >= 4 is 0 Å². The van der Waals surface area contributed by atoms with E-state index in [0.717, 1.165) is 47.9 Å². The predicted molar refractivity (Wildman–Crippen MR) is 212 cm³/mol. The summed E-state index contributed by atoms with van der Waals surface area (Å²) >= 11 is 0. The summed E-state index contributed by atoms with van der Waals surface area (Å²) in [4.78, 5) is 0. The lowest BCUT2D eigenvalue weighted by molar-refractivity contribution is -0.0999. The lowest BCUT2D eigenvalue weighted by Crippen LogP contribution is -2.51. The second kappa shape index (κ2) is 17.4. The maximum Gasteiger partial charge on any atom is 0.157 e. The highest BCUT2D eigenvalue weighted by atomic mass is 16.5. The summed E-state index contributed by atoms with van der Waals surface area (Å²) in [6, 6.07) is 49.9. The molecule has 276 valence electrons. The first-order valence-corrected chi connectivity index (χ1v) is 18.9. The summed E-state index contributed by atoms with van der Waals surface area (Å²) < 4.78 is 27.7. The van der Waals surface area contributed by atoms with Gasteiger partial charge in [-0.1, -0.05) is 154 Å². The number of unbranched alkanes of at least 4 members (excludes halogenated alkanes) is 2. The number of phenols is 2. The van der Waals surface area contributed by atoms with Gasteiger partial charge in [-0.2, -0.15) is 0 Å². The van der Waals surface area contributed by atoms with Crippen molar-refractivity contribution in [1.82, 2.24) is 0 Å². The van der Waals surface area contributed by atoms with Crippen LogP contribution in [0.3, 0.4) is 0 Å². The van der Waals surface area contributed by atoms with E-state index in [-0.39, 0.29) is 11.5 Å². The van der Waals surface area contributed by atoms with E-state index >= 15 is 0 Å². The third-order valence-electron chi connectivity index (χ3n) is 10.3. The van der Waals surface area contributed by atoms with Crippen molar-refractivity contribution in [3.8, 4) is 28.7 Å². The Morgan fingerprint density at radius 2 is 1.17 bits per heavy atom. The van der Waals surface area contributed by atoms with Crippen molar-refractivity contribution in [2.75, 3.05) is 0 Å². The Morgan fingerprint density at radius 3 is 1.76 bits per heavy atom. The average molecular weight is 721 g/mol. The van der Waals surface area contributed by atoms with Crippen LogP contribution >= 0.6 is 0 Å². The predicted octanol–water partition coefficient (Wildman–Crippen LogP) is 11.0. The zero-order valence-electron chi connectivity index (χ0n) is 30.8. The van der Waals surface area contributed by atoms with E-state index in [1.54, 1.807) is 6.07 Å². The number of ether oxygens (including phenoxy) is 4.